The lowest BCUT2D eigenvalue weighted by molar-refractivity contribution is -0.0640. The van der Waals surface area contributed by atoms with Crippen LogP contribution in [0.3, 0.4) is 0 Å². The molecule has 3 unspecified atom stereocenters. The van der Waals surface area contributed by atoms with Gasteiger partial charge < -0.3 is 20.1 Å². The molecule has 3 atom stereocenters. The second kappa shape index (κ2) is 6.75. The van der Waals surface area contributed by atoms with Gasteiger partial charge in [0.25, 0.3) is 0 Å². The lowest BCUT2D eigenvalue weighted by Gasteiger charge is -2.37. The third-order valence-corrected chi connectivity index (χ3v) is 4.32. The summed E-state index contributed by atoms with van der Waals surface area (Å²) in [6, 6.07) is 1.23. The summed E-state index contributed by atoms with van der Waals surface area (Å²) in [5, 5.41) is 6.75. The largest absolute Gasteiger partial charge is 0.444 e. The van der Waals surface area contributed by atoms with E-state index in [4.69, 9.17) is 9.47 Å². The van der Waals surface area contributed by atoms with Crippen LogP contribution >= 0.6 is 0 Å². The summed E-state index contributed by atoms with van der Waals surface area (Å²) in [5.74, 6) is 0. The third-order valence-electron chi connectivity index (χ3n) is 4.32. The van der Waals surface area contributed by atoms with Crippen molar-refractivity contribution in [2.45, 2.75) is 96.1 Å². The summed E-state index contributed by atoms with van der Waals surface area (Å²) in [6.07, 6.45) is 4.93. The summed E-state index contributed by atoms with van der Waals surface area (Å²) >= 11 is 0. The van der Waals surface area contributed by atoms with Gasteiger partial charge >= 0.3 is 6.09 Å². The van der Waals surface area contributed by atoms with Gasteiger partial charge in [0.1, 0.15) is 5.60 Å². The molecule has 2 fully saturated rings. The first-order valence-corrected chi connectivity index (χ1v) is 8.52. The van der Waals surface area contributed by atoms with E-state index < -0.39 is 5.60 Å². The van der Waals surface area contributed by atoms with Crippen molar-refractivity contribution in [2.24, 2.45) is 0 Å². The number of nitrogens with one attached hydrogen (secondary N) is 2. The zero-order chi connectivity index (χ0) is 16.4. The predicted molar refractivity (Wildman–Crippen MR) is 87.0 cm³/mol. The van der Waals surface area contributed by atoms with Gasteiger partial charge in [-0.05, 0) is 66.7 Å². The topological polar surface area (TPSA) is 59.6 Å². The van der Waals surface area contributed by atoms with Gasteiger partial charge in [0.2, 0.25) is 0 Å². The first-order chi connectivity index (χ1) is 10.1. The smallest absolute Gasteiger partial charge is 0.407 e. The van der Waals surface area contributed by atoms with Crippen molar-refractivity contribution in [1.29, 1.82) is 0 Å². The van der Waals surface area contributed by atoms with Crippen LogP contribution in [0.25, 0.3) is 0 Å². The van der Waals surface area contributed by atoms with Crippen LogP contribution in [0.15, 0.2) is 0 Å². The maximum atomic E-state index is 11.8. The highest BCUT2D eigenvalue weighted by Gasteiger charge is 2.33. The first kappa shape index (κ1) is 17.5. The Kier molecular flexibility index (Phi) is 5.38. The quantitative estimate of drug-likeness (QED) is 0.841. The highest BCUT2D eigenvalue weighted by molar-refractivity contribution is 5.68. The number of carbonyl (C=O) groups excluding carboxylic acids is 1. The molecule has 1 aliphatic carbocycles. The molecule has 1 amide bonds. The van der Waals surface area contributed by atoms with Crippen molar-refractivity contribution >= 4 is 6.09 Å². The van der Waals surface area contributed by atoms with Crippen molar-refractivity contribution in [1.82, 2.24) is 10.6 Å². The summed E-state index contributed by atoms with van der Waals surface area (Å²) < 4.78 is 11.1. The first-order valence-electron chi connectivity index (χ1n) is 8.52. The van der Waals surface area contributed by atoms with Crippen molar-refractivity contribution in [3.8, 4) is 0 Å². The Morgan fingerprint density at radius 1 is 1.14 bits per heavy atom. The van der Waals surface area contributed by atoms with E-state index in [0.717, 1.165) is 38.7 Å². The predicted octanol–water partition coefficient (Wildman–Crippen LogP) is 2.98. The van der Waals surface area contributed by atoms with Gasteiger partial charge in [-0.15, -0.1) is 0 Å². The number of hydrogen-bond donors (Lipinski definition) is 2. The molecule has 2 N–H and O–H groups in total. The molecule has 2 aliphatic rings. The second-order valence-electron chi connectivity index (χ2n) is 8.32. The molecule has 22 heavy (non-hydrogen) atoms. The van der Waals surface area contributed by atoms with Crippen LogP contribution in [0.4, 0.5) is 4.79 Å². The van der Waals surface area contributed by atoms with Crippen LogP contribution in [0, 0.1) is 0 Å². The summed E-state index contributed by atoms with van der Waals surface area (Å²) in [6.45, 7) is 10.8. The standard InChI is InChI=1S/C17H32N2O3/c1-16(2,3)22-15(20)19-13-7-6-12(10-13)18-14-8-9-21-17(4,5)11-14/h12-14,18H,6-11H2,1-5H3,(H,19,20). The molecule has 0 aromatic carbocycles. The van der Waals surface area contributed by atoms with E-state index in [9.17, 15) is 4.79 Å². The lowest BCUT2D eigenvalue weighted by atomic mass is 9.93. The maximum absolute atomic E-state index is 11.8. The van der Waals surface area contributed by atoms with Crippen LogP contribution in [-0.4, -0.2) is 42.0 Å². The van der Waals surface area contributed by atoms with Gasteiger partial charge in [-0.1, -0.05) is 0 Å². The van der Waals surface area contributed by atoms with E-state index in [1.54, 1.807) is 0 Å². The molecule has 0 bridgehead atoms. The lowest BCUT2D eigenvalue weighted by Crippen LogP contribution is -2.47. The minimum atomic E-state index is -0.436. The molecular weight excluding hydrogens is 280 g/mol. The van der Waals surface area contributed by atoms with E-state index in [-0.39, 0.29) is 17.7 Å². The van der Waals surface area contributed by atoms with Gasteiger partial charge in [0, 0.05) is 24.7 Å². The normalized spacial score (nSPS) is 31.8. The number of rotatable bonds is 3. The fourth-order valence-corrected chi connectivity index (χ4v) is 3.45. The molecule has 0 spiro atoms. The van der Waals surface area contributed by atoms with E-state index >= 15 is 0 Å². The molecule has 0 aromatic heterocycles. The minimum Gasteiger partial charge on any atom is -0.444 e. The summed E-state index contributed by atoms with van der Waals surface area (Å²) in [4.78, 5) is 11.8. The molecule has 2 rings (SSSR count). The molecule has 1 aliphatic heterocycles. The highest BCUT2D eigenvalue weighted by Crippen LogP contribution is 2.27. The summed E-state index contributed by atoms with van der Waals surface area (Å²) in [5.41, 5.74) is -0.462. The number of hydrogen-bond acceptors (Lipinski definition) is 4. The van der Waals surface area contributed by atoms with E-state index in [2.05, 4.69) is 24.5 Å². The minimum absolute atomic E-state index is 0.0251. The zero-order valence-corrected chi connectivity index (χ0v) is 14.7. The van der Waals surface area contributed by atoms with Crippen LogP contribution in [-0.2, 0) is 9.47 Å². The fraction of sp³-hybridized carbons (Fsp3) is 0.941. The highest BCUT2D eigenvalue weighted by atomic mass is 16.6. The Hall–Kier alpha value is -0.810. The van der Waals surface area contributed by atoms with E-state index in [1.165, 1.54) is 0 Å². The molecule has 5 nitrogen and oxygen atoms in total. The Bertz CT molecular complexity index is 390. The molecule has 1 saturated carbocycles. The van der Waals surface area contributed by atoms with Gasteiger partial charge in [0.05, 0.1) is 5.60 Å². The Balaban J connectivity index is 1.72. The van der Waals surface area contributed by atoms with Crippen molar-refractivity contribution < 1.29 is 14.3 Å². The van der Waals surface area contributed by atoms with Gasteiger partial charge in [-0.25, -0.2) is 4.79 Å². The molecule has 5 heteroatoms. The molecule has 0 aromatic rings. The molecular formula is C17H32N2O3. The Morgan fingerprint density at radius 2 is 1.82 bits per heavy atom. The second-order valence-corrected chi connectivity index (χ2v) is 8.32. The van der Waals surface area contributed by atoms with Crippen molar-refractivity contribution in [2.75, 3.05) is 6.61 Å². The Labute approximate surface area is 134 Å². The maximum Gasteiger partial charge on any atom is 0.407 e. The van der Waals surface area contributed by atoms with Crippen LogP contribution in [0.5, 0.6) is 0 Å². The van der Waals surface area contributed by atoms with Crippen LogP contribution in [0.2, 0.25) is 0 Å². The molecule has 1 heterocycles. The van der Waals surface area contributed by atoms with Crippen molar-refractivity contribution in [3.63, 3.8) is 0 Å². The Morgan fingerprint density at radius 3 is 2.45 bits per heavy atom. The zero-order valence-electron chi connectivity index (χ0n) is 14.7. The van der Waals surface area contributed by atoms with E-state index in [1.807, 2.05) is 20.8 Å². The van der Waals surface area contributed by atoms with E-state index in [0.29, 0.717) is 12.1 Å². The SMILES string of the molecule is CC(C)(C)OC(=O)NC1CCC(NC2CCOC(C)(C)C2)C1. The van der Waals surface area contributed by atoms with Crippen LogP contribution in [0.1, 0.15) is 66.7 Å². The number of amides is 1. The number of alkyl carbamates (subject to hydrolysis) is 1. The van der Waals surface area contributed by atoms with Gasteiger partial charge in [-0.3, -0.25) is 0 Å². The molecule has 128 valence electrons. The molecule has 0 radical (unpaired) electrons. The van der Waals surface area contributed by atoms with Gasteiger partial charge in [0.15, 0.2) is 0 Å². The average molecular weight is 312 g/mol. The van der Waals surface area contributed by atoms with Crippen LogP contribution < -0.4 is 10.6 Å². The number of ether oxygens (including phenoxy) is 2. The summed E-state index contributed by atoms with van der Waals surface area (Å²) in [7, 11) is 0. The van der Waals surface area contributed by atoms with Crippen molar-refractivity contribution in [3.05, 3.63) is 0 Å². The average Bonchev–Trinajstić information content (AvgIpc) is 2.72. The molecule has 1 saturated heterocycles. The monoisotopic (exact) mass is 312 g/mol. The number of carbonyl (C=O) groups is 1. The fourth-order valence-electron chi connectivity index (χ4n) is 3.45. The third kappa shape index (κ3) is 5.76. The van der Waals surface area contributed by atoms with Gasteiger partial charge in [-0.2, -0.15) is 0 Å².